The van der Waals surface area contributed by atoms with Crippen LogP contribution < -0.4 is 9.47 Å². The fourth-order valence-corrected chi connectivity index (χ4v) is 2.38. The fourth-order valence-electron chi connectivity index (χ4n) is 2.38. The molecule has 0 amide bonds. The lowest BCUT2D eigenvalue weighted by atomic mass is 10.0. The van der Waals surface area contributed by atoms with E-state index in [0.717, 1.165) is 0 Å². The molecule has 0 unspecified atom stereocenters. The van der Waals surface area contributed by atoms with E-state index in [4.69, 9.17) is 9.47 Å². The minimum atomic E-state index is -0.240. The van der Waals surface area contributed by atoms with Crippen molar-refractivity contribution >= 4 is 12.2 Å². The minimum absolute atomic E-state index is 0.0396. The molecule has 2 aromatic carbocycles. The predicted octanol–water partition coefficient (Wildman–Crippen LogP) is 2.27. The maximum absolute atomic E-state index is 9.97. The first-order valence-corrected chi connectivity index (χ1v) is 7.23. The molecule has 2 rings (SSSR count). The Morgan fingerprint density at radius 2 is 1.54 bits per heavy atom. The number of methoxy groups -OCH3 is 2. The average molecular weight is 332 g/mol. The highest BCUT2D eigenvalue weighted by Crippen LogP contribution is 2.34. The zero-order chi connectivity index (χ0) is 17.7. The molecule has 0 radical (unpaired) electrons. The lowest BCUT2D eigenvalue weighted by molar-refractivity contribution is 0.254. The van der Waals surface area contributed by atoms with Crippen LogP contribution in [0, 0.1) is 0 Å². The van der Waals surface area contributed by atoms with E-state index in [-0.39, 0.29) is 30.5 Å². The molecule has 128 valence electrons. The number of aliphatic hydroxyl groups excluding tert-OH is 2. The summed E-state index contributed by atoms with van der Waals surface area (Å²) in [5, 5.41) is 38.6. The van der Waals surface area contributed by atoms with E-state index in [1.54, 1.807) is 24.3 Å². The van der Waals surface area contributed by atoms with Crippen molar-refractivity contribution < 1.29 is 29.9 Å². The van der Waals surface area contributed by atoms with Crippen LogP contribution in [-0.4, -0.2) is 34.6 Å². The van der Waals surface area contributed by atoms with E-state index in [2.05, 4.69) is 0 Å². The molecule has 0 aliphatic heterocycles. The summed E-state index contributed by atoms with van der Waals surface area (Å²) < 4.78 is 10.2. The maximum atomic E-state index is 9.97. The van der Waals surface area contributed by atoms with Gasteiger partial charge in [0.15, 0.2) is 11.5 Å². The minimum Gasteiger partial charge on any atom is -0.507 e. The van der Waals surface area contributed by atoms with Crippen LogP contribution in [0.15, 0.2) is 24.3 Å². The van der Waals surface area contributed by atoms with Crippen LogP contribution in [0.3, 0.4) is 0 Å². The van der Waals surface area contributed by atoms with E-state index in [9.17, 15) is 20.4 Å². The summed E-state index contributed by atoms with van der Waals surface area (Å²) in [7, 11) is 2.88. The summed E-state index contributed by atoms with van der Waals surface area (Å²) in [6.07, 6.45) is 3.31. The van der Waals surface area contributed by atoms with Crippen molar-refractivity contribution in [3.8, 4) is 23.0 Å². The van der Waals surface area contributed by atoms with Gasteiger partial charge in [0.25, 0.3) is 0 Å². The van der Waals surface area contributed by atoms with Crippen LogP contribution in [0.2, 0.25) is 0 Å². The molecule has 0 aliphatic carbocycles. The molecule has 0 saturated heterocycles. The monoisotopic (exact) mass is 332 g/mol. The molecule has 0 aliphatic rings. The highest BCUT2D eigenvalue weighted by molar-refractivity contribution is 5.75. The van der Waals surface area contributed by atoms with Crippen molar-refractivity contribution in [2.45, 2.75) is 13.2 Å². The summed E-state index contributed by atoms with van der Waals surface area (Å²) in [5.41, 5.74) is 2.20. The molecular weight excluding hydrogens is 312 g/mol. The Labute approximate surface area is 139 Å². The highest BCUT2D eigenvalue weighted by atomic mass is 16.5. The quantitative estimate of drug-likeness (QED) is 0.478. The van der Waals surface area contributed by atoms with Gasteiger partial charge in [-0.15, -0.1) is 0 Å². The number of benzene rings is 2. The van der Waals surface area contributed by atoms with Crippen molar-refractivity contribution in [1.82, 2.24) is 0 Å². The molecule has 2 aromatic rings. The van der Waals surface area contributed by atoms with E-state index >= 15 is 0 Å². The molecule has 0 bridgehead atoms. The largest absolute Gasteiger partial charge is 0.507 e. The maximum Gasteiger partial charge on any atom is 0.164 e. The molecule has 6 nitrogen and oxygen atoms in total. The van der Waals surface area contributed by atoms with Gasteiger partial charge in [-0.1, -0.05) is 12.2 Å². The summed E-state index contributed by atoms with van der Waals surface area (Å²) in [6.45, 7) is -0.474. The lowest BCUT2D eigenvalue weighted by Gasteiger charge is -2.12. The number of aromatic hydroxyl groups is 2. The Kier molecular flexibility index (Phi) is 5.68. The Bertz CT molecular complexity index is 726. The Hall–Kier alpha value is -2.70. The highest BCUT2D eigenvalue weighted by Gasteiger charge is 2.10. The summed E-state index contributed by atoms with van der Waals surface area (Å²) in [6, 6.07) is 6.13. The lowest BCUT2D eigenvalue weighted by Crippen LogP contribution is -1.99. The molecule has 0 heterocycles. The second kappa shape index (κ2) is 7.72. The topological polar surface area (TPSA) is 99.4 Å². The van der Waals surface area contributed by atoms with E-state index in [1.165, 1.54) is 26.4 Å². The second-order valence-electron chi connectivity index (χ2n) is 5.09. The SMILES string of the molecule is COc1cc(O)c(/C=C\c2cc(CO)c(CO)c(OC)c2)cc1O. The molecule has 0 atom stereocenters. The third kappa shape index (κ3) is 3.61. The van der Waals surface area contributed by atoms with Gasteiger partial charge in [-0.3, -0.25) is 0 Å². The zero-order valence-corrected chi connectivity index (χ0v) is 13.5. The van der Waals surface area contributed by atoms with E-state index in [0.29, 0.717) is 28.0 Å². The average Bonchev–Trinajstić information content (AvgIpc) is 2.60. The van der Waals surface area contributed by atoms with Gasteiger partial charge in [0.2, 0.25) is 0 Å². The number of phenols is 2. The Balaban J connectivity index is 2.41. The van der Waals surface area contributed by atoms with Crippen LogP contribution >= 0.6 is 0 Å². The second-order valence-corrected chi connectivity index (χ2v) is 5.09. The van der Waals surface area contributed by atoms with Crippen molar-refractivity contribution in [2.24, 2.45) is 0 Å². The number of ether oxygens (including phenoxy) is 2. The van der Waals surface area contributed by atoms with Crippen molar-refractivity contribution in [2.75, 3.05) is 14.2 Å². The van der Waals surface area contributed by atoms with Crippen LogP contribution in [0.1, 0.15) is 22.3 Å². The standard InChI is InChI=1S/C18H20O6/c1-23-17-6-11(5-13(9-19)14(17)10-20)3-4-12-7-16(22)18(24-2)8-15(12)21/h3-8,19-22H,9-10H2,1-2H3/b4-3-. The Morgan fingerprint density at radius 1 is 0.833 bits per heavy atom. The van der Waals surface area contributed by atoms with Gasteiger partial charge in [-0.2, -0.15) is 0 Å². The van der Waals surface area contributed by atoms with Gasteiger partial charge in [0.05, 0.1) is 27.4 Å². The number of rotatable bonds is 6. The molecule has 6 heteroatoms. The molecule has 0 aromatic heterocycles. The van der Waals surface area contributed by atoms with Gasteiger partial charge in [0.1, 0.15) is 11.5 Å². The predicted molar refractivity (Wildman–Crippen MR) is 90.1 cm³/mol. The first-order chi connectivity index (χ1) is 11.5. The molecule has 0 saturated carbocycles. The van der Waals surface area contributed by atoms with Gasteiger partial charge < -0.3 is 29.9 Å². The normalized spacial score (nSPS) is 11.0. The van der Waals surface area contributed by atoms with Gasteiger partial charge >= 0.3 is 0 Å². The number of phenolic OH excluding ortho intramolecular Hbond substituents is 2. The third-order valence-corrected chi connectivity index (χ3v) is 3.66. The fraction of sp³-hybridized carbons (Fsp3) is 0.222. The van der Waals surface area contributed by atoms with Crippen molar-refractivity contribution in [1.29, 1.82) is 0 Å². The van der Waals surface area contributed by atoms with E-state index < -0.39 is 0 Å². The number of hydrogen-bond donors (Lipinski definition) is 4. The summed E-state index contributed by atoms with van der Waals surface area (Å²) in [4.78, 5) is 0. The first-order valence-electron chi connectivity index (χ1n) is 7.23. The van der Waals surface area contributed by atoms with E-state index in [1.807, 2.05) is 0 Å². The summed E-state index contributed by atoms with van der Waals surface area (Å²) >= 11 is 0. The van der Waals surface area contributed by atoms with Crippen LogP contribution in [0.5, 0.6) is 23.0 Å². The van der Waals surface area contributed by atoms with Crippen LogP contribution in [0.4, 0.5) is 0 Å². The first kappa shape index (κ1) is 17.7. The van der Waals surface area contributed by atoms with Gasteiger partial charge in [0, 0.05) is 17.2 Å². The van der Waals surface area contributed by atoms with Crippen molar-refractivity contribution in [3.05, 3.63) is 46.5 Å². The van der Waals surface area contributed by atoms with Crippen LogP contribution in [-0.2, 0) is 13.2 Å². The number of aliphatic hydroxyl groups is 2. The molecule has 0 spiro atoms. The molecule has 24 heavy (non-hydrogen) atoms. The number of hydrogen-bond acceptors (Lipinski definition) is 6. The smallest absolute Gasteiger partial charge is 0.164 e. The van der Waals surface area contributed by atoms with Crippen molar-refractivity contribution in [3.63, 3.8) is 0 Å². The zero-order valence-electron chi connectivity index (χ0n) is 13.5. The third-order valence-electron chi connectivity index (χ3n) is 3.66. The van der Waals surface area contributed by atoms with Gasteiger partial charge in [-0.05, 0) is 29.3 Å². The van der Waals surface area contributed by atoms with Crippen LogP contribution in [0.25, 0.3) is 12.2 Å². The molecular formula is C18H20O6. The molecule has 0 fully saturated rings. The Morgan fingerprint density at radius 3 is 2.12 bits per heavy atom. The summed E-state index contributed by atoms with van der Waals surface area (Å²) in [5.74, 6) is 0.521. The van der Waals surface area contributed by atoms with Gasteiger partial charge in [-0.25, -0.2) is 0 Å². The molecule has 4 N–H and O–H groups in total.